The van der Waals surface area contributed by atoms with Crippen LogP contribution in [-0.2, 0) is 0 Å². The molecule has 5 heteroatoms. The normalized spacial score (nSPS) is 10.2. The quantitative estimate of drug-likeness (QED) is 0.341. The lowest BCUT2D eigenvalue weighted by Crippen LogP contribution is -2.27. The topological polar surface area (TPSA) is 50.5 Å². The molecule has 0 spiro atoms. The molecule has 0 N–H and O–H groups in total. The molecule has 1 amide bonds. The van der Waals surface area contributed by atoms with E-state index in [0.29, 0.717) is 27.8 Å². The van der Waals surface area contributed by atoms with E-state index in [1.165, 1.54) is 6.07 Å². The van der Waals surface area contributed by atoms with Gasteiger partial charge in [-0.2, -0.15) is 0 Å². The Bertz CT molecular complexity index is 1090. The van der Waals surface area contributed by atoms with Crippen molar-refractivity contribution < 1.29 is 9.21 Å². The molecule has 3 aromatic rings. The van der Waals surface area contributed by atoms with Crippen LogP contribution in [0.2, 0.25) is 0 Å². The third kappa shape index (κ3) is 3.30. The second-order valence-electron chi connectivity index (χ2n) is 5.34. The van der Waals surface area contributed by atoms with Gasteiger partial charge in [-0.3, -0.25) is 4.79 Å². The van der Waals surface area contributed by atoms with Crippen molar-refractivity contribution in [1.29, 1.82) is 0 Å². The highest BCUT2D eigenvalue weighted by molar-refractivity contribution is 14.1. The average molecular weight is 443 g/mol. The molecule has 0 atom stereocenters. The van der Waals surface area contributed by atoms with Gasteiger partial charge >= 0.3 is 5.63 Å². The summed E-state index contributed by atoms with van der Waals surface area (Å²) in [5.41, 5.74) is 1.98. The van der Waals surface area contributed by atoms with Crippen LogP contribution in [0.3, 0.4) is 0 Å². The maximum atomic E-state index is 12.9. The average Bonchev–Trinajstić information content (AvgIpc) is 2.61. The van der Waals surface area contributed by atoms with Crippen LogP contribution in [0.25, 0.3) is 11.0 Å². The van der Waals surface area contributed by atoms with E-state index in [-0.39, 0.29) is 5.91 Å². The van der Waals surface area contributed by atoms with Gasteiger partial charge < -0.3 is 9.32 Å². The number of carbonyl (C=O) groups is 1. The zero-order valence-electron chi connectivity index (χ0n) is 13.7. The van der Waals surface area contributed by atoms with Crippen LogP contribution in [0.15, 0.2) is 57.7 Å². The highest BCUT2D eigenvalue weighted by Crippen LogP contribution is 2.28. The molecule has 25 heavy (non-hydrogen) atoms. The maximum absolute atomic E-state index is 12.9. The fourth-order valence-corrected chi connectivity index (χ4v) is 3.22. The molecule has 0 saturated carbocycles. The van der Waals surface area contributed by atoms with Crippen molar-refractivity contribution in [3.05, 3.63) is 73.6 Å². The first-order valence-corrected chi connectivity index (χ1v) is 8.63. The molecule has 0 saturated heterocycles. The lowest BCUT2D eigenvalue weighted by atomic mass is 10.1. The smallest absolute Gasteiger partial charge is 0.336 e. The van der Waals surface area contributed by atoms with Crippen LogP contribution in [-0.4, -0.2) is 13.0 Å². The monoisotopic (exact) mass is 443 g/mol. The van der Waals surface area contributed by atoms with Crippen LogP contribution in [0.1, 0.15) is 22.8 Å². The summed E-state index contributed by atoms with van der Waals surface area (Å²) in [7, 11) is 1.71. The lowest BCUT2D eigenvalue weighted by molar-refractivity contribution is 0.0992. The van der Waals surface area contributed by atoms with Gasteiger partial charge in [0.25, 0.3) is 5.91 Å². The number of fused-ring (bicyclic) bond motifs is 1. The fourth-order valence-electron chi connectivity index (χ4n) is 2.60. The zero-order valence-corrected chi connectivity index (χ0v) is 15.8. The SMILES string of the molecule is CC#Cc1c(N(C)C(=O)c2ccccc2I)ccc2oc(=O)ccc12. The molecule has 1 aromatic heterocycles. The highest BCUT2D eigenvalue weighted by atomic mass is 127. The van der Waals surface area contributed by atoms with Crippen molar-refractivity contribution in [2.75, 3.05) is 11.9 Å². The van der Waals surface area contributed by atoms with E-state index in [4.69, 9.17) is 4.42 Å². The van der Waals surface area contributed by atoms with Crippen LogP contribution in [0.4, 0.5) is 5.69 Å². The Labute approximate surface area is 158 Å². The van der Waals surface area contributed by atoms with Gasteiger partial charge in [0.2, 0.25) is 0 Å². The van der Waals surface area contributed by atoms with Gasteiger partial charge in [-0.25, -0.2) is 4.79 Å². The van der Waals surface area contributed by atoms with Crippen molar-refractivity contribution in [2.45, 2.75) is 6.92 Å². The Balaban J connectivity index is 2.17. The summed E-state index contributed by atoms with van der Waals surface area (Å²) in [5, 5.41) is 0.703. The van der Waals surface area contributed by atoms with Gasteiger partial charge in [0.05, 0.1) is 16.8 Å². The number of benzene rings is 2. The maximum Gasteiger partial charge on any atom is 0.336 e. The summed E-state index contributed by atoms with van der Waals surface area (Å²) >= 11 is 2.15. The van der Waals surface area contributed by atoms with E-state index < -0.39 is 5.63 Å². The number of nitrogens with zero attached hydrogens (tertiary/aromatic N) is 1. The molecule has 3 rings (SSSR count). The summed E-state index contributed by atoms with van der Waals surface area (Å²) in [6, 6.07) is 13.9. The molecule has 0 fully saturated rings. The van der Waals surface area contributed by atoms with Crippen LogP contribution in [0, 0.1) is 15.4 Å². The number of amides is 1. The molecular formula is C20H14INO3. The Morgan fingerprint density at radius 2 is 1.88 bits per heavy atom. The number of halogens is 1. The first kappa shape index (κ1) is 17.2. The summed E-state index contributed by atoms with van der Waals surface area (Å²) in [6.45, 7) is 1.73. The zero-order chi connectivity index (χ0) is 18.0. The Morgan fingerprint density at radius 3 is 2.60 bits per heavy atom. The molecule has 0 aliphatic heterocycles. The van der Waals surface area contributed by atoms with Crippen molar-refractivity contribution in [3.8, 4) is 11.8 Å². The second kappa shape index (κ2) is 7.11. The number of hydrogen-bond acceptors (Lipinski definition) is 3. The molecule has 0 bridgehead atoms. The molecule has 0 radical (unpaired) electrons. The molecule has 0 aliphatic rings. The first-order chi connectivity index (χ1) is 12.0. The summed E-state index contributed by atoms with van der Waals surface area (Å²) in [6.07, 6.45) is 0. The minimum Gasteiger partial charge on any atom is -0.423 e. The van der Waals surface area contributed by atoms with Crippen LogP contribution >= 0.6 is 22.6 Å². The molecule has 0 aliphatic carbocycles. The predicted molar refractivity (Wildman–Crippen MR) is 107 cm³/mol. The number of rotatable bonds is 2. The van der Waals surface area contributed by atoms with E-state index in [2.05, 4.69) is 34.4 Å². The summed E-state index contributed by atoms with van der Waals surface area (Å²) in [4.78, 5) is 25.9. The fraction of sp³-hybridized carbons (Fsp3) is 0.100. The van der Waals surface area contributed by atoms with Gasteiger partial charge in [-0.1, -0.05) is 18.1 Å². The molecule has 4 nitrogen and oxygen atoms in total. The van der Waals surface area contributed by atoms with Gasteiger partial charge in [0, 0.05) is 22.1 Å². The molecule has 124 valence electrons. The highest BCUT2D eigenvalue weighted by Gasteiger charge is 2.19. The predicted octanol–water partition coefficient (Wildman–Crippen LogP) is 4.05. The van der Waals surface area contributed by atoms with Crippen molar-refractivity contribution in [3.63, 3.8) is 0 Å². The van der Waals surface area contributed by atoms with E-state index in [1.807, 2.05) is 18.2 Å². The summed E-state index contributed by atoms with van der Waals surface area (Å²) in [5.74, 6) is 5.78. The number of anilines is 1. The molecule has 2 aromatic carbocycles. The van der Waals surface area contributed by atoms with Gasteiger partial charge in [-0.05, 0) is 59.8 Å². The van der Waals surface area contributed by atoms with Gasteiger partial charge in [-0.15, -0.1) is 5.92 Å². The van der Waals surface area contributed by atoms with Crippen molar-refractivity contribution >= 4 is 45.2 Å². The minimum atomic E-state index is -0.418. The third-order valence-electron chi connectivity index (χ3n) is 3.80. The van der Waals surface area contributed by atoms with E-state index in [0.717, 1.165) is 3.57 Å². The van der Waals surface area contributed by atoms with Crippen LogP contribution in [0.5, 0.6) is 0 Å². The number of carbonyl (C=O) groups excluding carboxylic acids is 1. The lowest BCUT2D eigenvalue weighted by Gasteiger charge is -2.20. The third-order valence-corrected chi connectivity index (χ3v) is 4.74. The Morgan fingerprint density at radius 1 is 1.12 bits per heavy atom. The van der Waals surface area contributed by atoms with E-state index in [1.54, 1.807) is 43.1 Å². The molecule has 1 heterocycles. The largest absolute Gasteiger partial charge is 0.423 e. The Kier molecular flexibility index (Phi) is 4.91. The van der Waals surface area contributed by atoms with Crippen molar-refractivity contribution in [2.24, 2.45) is 0 Å². The standard InChI is InChI=1S/C20H14INO3/c1-3-6-13-14-9-12-19(23)25-18(14)11-10-17(13)22(2)20(24)15-7-4-5-8-16(15)21/h4-5,7-12H,1-2H3. The van der Waals surface area contributed by atoms with E-state index >= 15 is 0 Å². The first-order valence-electron chi connectivity index (χ1n) is 7.55. The Hall–Kier alpha value is -2.59. The van der Waals surface area contributed by atoms with Gasteiger partial charge in [0.15, 0.2) is 0 Å². The molecule has 0 unspecified atom stereocenters. The summed E-state index contributed by atoms with van der Waals surface area (Å²) < 4.78 is 6.10. The number of hydrogen-bond donors (Lipinski definition) is 0. The van der Waals surface area contributed by atoms with Gasteiger partial charge in [0.1, 0.15) is 5.58 Å². The van der Waals surface area contributed by atoms with Crippen LogP contribution < -0.4 is 10.5 Å². The second-order valence-corrected chi connectivity index (χ2v) is 6.51. The molecular weight excluding hydrogens is 429 g/mol. The van der Waals surface area contributed by atoms with E-state index in [9.17, 15) is 9.59 Å². The van der Waals surface area contributed by atoms with Crippen molar-refractivity contribution in [1.82, 2.24) is 0 Å². The minimum absolute atomic E-state index is 0.124.